The van der Waals surface area contributed by atoms with Gasteiger partial charge in [-0.15, -0.1) is 0 Å². The number of hydrogen-bond acceptors (Lipinski definition) is 4. The van der Waals surface area contributed by atoms with Crippen molar-refractivity contribution in [2.24, 2.45) is 0 Å². The highest BCUT2D eigenvalue weighted by Crippen LogP contribution is 2.39. The molecule has 0 aliphatic carbocycles. The van der Waals surface area contributed by atoms with Crippen LogP contribution in [0.1, 0.15) is 16.9 Å². The Balaban J connectivity index is 2.74. The van der Waals surface area contributed by atoms with Crippen LogP contribution < -0.4 is 0 Å². The number of aryl methyl sites for hydroxylation is 1. The fourth-order valence-electron chi connectivity index (χ4n) is 1.83. The Kier molecular flexibility index (Phi) is 2.46. The zero-order chi connectivity index (χ0) is 12.7. The molecule has 0 saturated heterocycles. The molecule has 0 spiro atoms. The van der Waals surface area contributed by atoms with Gasteiger partial charge in [-0.1, -0.05) is 0 Å². The van der Waals surface area contributed by atoms with Gasteiger partial charge in [0.25, 0.3) is 0 Å². The van der Waals surface area contributed by atoms with Crippen LogP contribution in [0.4, 0.5) is 0 Å². The van der Waals surface area contributed by atoms with Crippen molar-refractivity contribution in [1.29, 1.82) is 0 Å². The first-order chi connectivity index (χ1) is 7.91. The number of carbonyl (C=O) groups is 1. The van der Waals surface area contributed by atoms with Crippen LogP contribution in [0.15, 0.2) is 10.5 Å². The lowest BCUT2D eigenvalue weighted by Crippen LogP contribution is -1.99. The van der Waals surface area contributed by atoms with Crippen LogP contribution in [-0.4, -0.2) is 21.3 Å². The van der Waals surface area contributed by atoms with Crippen molar-refractivity contribution in [3.63, 3.8) is 0 Å². The molecule has 0 unspecified atom stereocenters. The van der Waals surface area contributed by atoms with Gasteiger partial charge in [-0.25, -0.2) is 0 Å². The molecule has 1 aromatic carbocycles. The lowest BCUT2D eigenvalue weighted by atomic mass is 10.1. The number of benzene rings is 1. The molecule has 0 bridgehead atoms. The molecule has 1 aromatic heterocycles. The molecule has 90 valence electrons. The maximum absolute atomic E-state index is 10.6. The number of hydrogen-bond donors (Lipinski definition) is 3. The van der Waals surface area contributed by atoms with E-state index in [1.165, 1.54) is 6.07 Å². The van der Waals surface area contributed by atoms with Crippen LogP contribution >= 0.6 is 0 Å². The van der Waals surface area contributed by atoms with Crippen LogP contribution in [0.25, 0.3) is 11.0 Å². The lowest BCUT2D eigenvalue weighted by molar-refractivity contribution is -0.136. The Labute approximate surface area is 96.9 Å². The first-order valence-corrected chi connectivity index (χ1v) is 5.07. The summed E-state index contributed by atoms with van der Waals surface area (Å²) in [7, 11) is 0. The van der Waals surface area contributed by atoms with Gasteiger partial charge < -0.3 is 19.7 Å². The normalized spacial score (nSPS) is 10.9. The van der Waals surface area contributed by atoms with E-state index < -0.39 is 5.97 Å². The highest BCUT2D eigenvalue weighted by Gasteiger charge is 2.19. The van der Waals surface area contributed by atoms with E-state index in [1.54, 1.807) is 13.8 Å². The van der Waals surface area contributed by atoms with Crippen LogP contribution in [0.3, 0.4) is 0 Å². The van der Waals surface area contributed by atoms with E-state index in [4.69, 9.17) is 9.52 Å². The Hall–Kier alpha value is -2.17. The average molecular weight is 236 g/mol. The highest BCUT2D eigenvalue weighted by atomic mass is 16.4. The largest absolute Gasteiger partial charge is 0.507 e. The number of rotatable bonds is 2. The molecule has 5 nitrogen and oxygen atoms in total. The summed E-state index contributed by atoms with van der Waals surface area (Å²) in [4.78, 5) is 10.6. The minimum absolute atomic E-state index is 0.0714. The van der Waals surface area contributed by atoms with Gasteiger partial charge in [0, 0.05) is 17.2 Å². The topological polar surface area (TPSA) is 90.9 Å². The molecule has 0 atom stereocenters. The molecule has 3 N–H and O–H groups in total. The predicted molar refractivity (Wildman–Crippen MR) is 60.4 cm³/mol. The highest BCUT2D eigenvalue weighted by molar-refractivity contribution is 5.91. The van der Waals surface area contributed by atoms with Gasteiger partial charge in [0.05, 0.1) is 5.39 Å². The molecule has 5 heteroatoms. The van der Waals surface area contributed by atoms with E-state index in [1.807, 2.05) is 0 Å². The quantitative estimate of drug-likeness (QED) is 0.742. The van der Waals surface area contributed by atoms with Crippen molar-refractivity contribution in [1.82, 2.24) is 0 Å². The van der Waals surface area contributed by atoms with Crippen LogP contribution in [0, 0.1) is 13.8 Å². The van der Waals surface area contributed by atoms with E-state index in [0.29, 0.717) is 22.1 Å². The molecule has 2 aromatic rings. The number of aliphatic carboxylic acids is 1. The van der Waals surface area contributed by atoms with E-state index in [-0.39, 0.29) is 23.7 Å². The third kappa shape index (κ3) is 1.69. The number of fused-ring (bicyclic) bond motifs is 1. The lowest BCUT2D eigenvalue weighted by Gasteiger charge is -2.02. The summed E-state index contributed by atoms with van der Waals surface area (Å²) >= 11 is 0. The molecule has 1 heterocycles. The van der Waals surface area contributed by atoms with Crippen molar-refractivity contribution in [2.75, 3.05) is 0 Å². The minimum Gasteiger partial charge on any atom is -0.507 e. The number of carboxylic acid groups (broad SMARTS) is 1. The molecule has 0 radical (unpaired) electrons. The van der Waals surface area contributed by atoms with Crippen molar-refractivity contribution in [2.45, 2.75) is 20.3 Å². The maximum Gasteiger partial charge on any atom is 0.311 e. The Morgan fingerprint density at radius 2 is 1.94 bits per heavy atom. The minimum atomic E-state index is -1.01. The smallest absolute Gasteiger partial charge is 0.311 e. The standard InChI is InChI=1S/C12H12O5/c1-5-7(13)3-9-11(12(5)16)6(2)8(17-9)4-10(14)15/h3,13,16H,4H2,1-2H3,(H,14,15). The van der Waals surface area contributed by atoms with Crippen molar-refractivity contribution >= 4 is 16.9 Å². The van der Waals surface area contributed by atoms with E-state index in [2.05, 4.69) is 0 Å². The Morgan fingerprint density at radius 3 is 2.53 bits per heavy atom. The first-order valence-electron chi connectivity index (χ1n) is 5.07. The van der Waals surface area contributed by atoms with Gasteiger partial charge in [-0.2, -0.15) is 0 Å². The molecule has 0 aliphatic rings. The van der Waals surface area contributed by atoms with Crippen molar-refractivity contribution in [3.05, 3.63) is 23.0 Å². The van der Waals surface area contributed by atoms with Gasteiger partial charge >= 0.3 is 5.97 Å². The SMILES string of the molecule is Cc1c(O)cc2oc(CC(=O)O)c(C)c2c1O. The predicted octanol–water partition coefficient (Wildman–Crippen LogP) is 2.09. The number of phenols is 2. The van der Waals surface area contributed by atoms with Crippen molar-refractivity contribution in [3.8, 4) is 11.5 Å². The summed E-state index contributed by atoms with van der Waals surface area (Å²) in [5, 5.41) is 28.6. The molecule has 0 saturated carbocycles. The van der Waals surface area contributed by atoms with E-state index in [9.17, 15) is 15.0 Å². The summed E-state index contributed by atoms with van der Waals surface area (Å²) in [6.07, 6.45) is -0.250. The van der Waals surface area contributed by atoms with Crippen LogP contribution in [0.2, 0.25) is 0 Å². The zero-order valence-electron chi connectivity index (χ0n) is 9.44. The third-order valence-electron chi connectivity index (χ3n) is 2.83. The number of phenolic OH excluding ortho intramolecular Hbond substituents is 2. The summed E-state index contributed by atoms with van der Waals surface area (Å²) < 4.78 is 5.33. The molecule has 17 heavy (non-hydrogen) atoms. The van der Waals surface area contributed by atoms with Crippen LogP contribution in [-0.2, 0) is 11.2 Å². The van der Waals surface area contributed by atoms with Gasteiger partial charge in [-0.05, 0) is 13.8 Å². The molecule has 0 amide bonds. The molecule has 2 rings (SSSR count). The summed E-state index contributed by atoms with van der Waals surface area (Å²) in [5.74, 6) is -0.871. The maximum atomic E-state index is 10.6. The first kappa shape index (κ1) is 11.3. The number of aromatic hydroxyl groups is 2. The van der Waals surface area contributed by atoms with Gasteiger partial charge in [0.15, 0.2) is 0 Å². The Bertz CT molecular complexity index is 609. The molecular weight excluding hydrogens is 224 g/mol. The van der Waals surface area contributed by atoms with Gasteiger partial charge in [-0.3, -0.25) is 4.79 Å². The zero-order valence-corrected chi connectivity index (χ0v) is 9.44. The molecular formula is C12H12O5. The summed E-state index contributed by atoms with van der Waals surface area (Å²) in [5.41, 5.74) is 1.23. The number of furan rings is 1. The van der Waals surface area contributed by atoms with Gasteiger partial charge in [0.2, 0.25) is 0 Å². The Morgan fingerprint density at radius 1 is 1.29 bits per heavy atom. The summed E-state index contributed by atoms with van der Waals surface area (Å²) in [6.45, 7) is 3.26. The second-order valence-corrected chi connectivity index (χ2v) is 3.96. The van der Waals surface area contributed by atoms with Crippen molar-refractivity contribution < 1.29 is 24.5 Å². The van der Waals surface area contributed by atoms with Gasteiger partial charge in [0.1, 0.15) is 29.3 Å². The molecule has 0 aliphatic heterocycles. The third-order valence-corrected chi connectivity index (χ3v) is 2.83. The monoisotopic (exact) mass is 236 g/mol. The van der Waals surface area contributed by atoms with Crippen LogP contribution in [0.5, 0.6) is 11.5 Å². The molecule has 0 fully saturated rings. The van der Waals surface area contributed by atoms with E-state index in [0.717, 1.165) is 0 Å². The fourth-order valence-corrected chi connectivity index (χ4v) is 1.83. The van der Waals surface area contributed by atoms with E-state index >= 15 is 0 Å². The second kappa shape index (κ2) is 3.69. The number of carboxylic acids is 1. The fraction of sp³-hybridized carbons (Fsp3) is 0.250. The second-order valence-electron chi connectivity index (χ2n) is 3.96. The summed E-state index contributed by atoms with van der Waals surface area (Å²) in [6, 6.07) is 1.38. The average Bonchev–Trinajstić information content (AvgIpc) is 2.52.